The van der Waals surface area contributed by atoms with Crippen molar-refractivity contribution in [2.24, 2.45) is 5.92 Å². The van der Waals surface area contributed by atoms with Crippen LogP contribution in [0.5, 0.6) is 0 Å². The Balaban J connectivity index is 2.70. The van der Waals surface area contributed by atoms with Crippen LogP contribution in [0.3, 0.4) is 0 Å². The highest BCUT2D eigenvalue weighted by Gasteiger charge is 2.44. The van der Waals surface area contributed by atoms with Gasteiger partial charge in [-0.2, -0.15) is 13.2 Å². The number of allylic oxidation sites excluding steroid dienone is 1. The first-order valence-electron chi connectivity index (χ1n) is 4.21. The lowest BCUT2D eigenvalue weighted by atomic mass is 9.82. The van der Waals surface area contributed by atoms with Gasteiger partial charge in [-0.3, -0.25) is 4.79 Å². The summed E-state index contributed by atoms with van der Waals surface area (Å²) in [7, 11) is 0. The molecule has 0 amide bonds. The van der Waals surface area contributed by atoms with Crippen molar-refractivity contribution in [3.8, 4) is 0 Å². The minimum absolute atomic E-state index is 0.303. The molecule has 0 saturated heterocycles. The van der Waals surface area contributed by atoms with Crippen LogP contribution in [0, 0.1) is 5.92 Å². The molecular formula is C9H11F3O. The molecule has 0 unspecified atom stereocenters. The average molecular weight is 192 g/mol. The third kappa shape index (κ3) is 2.32. The van der Waals surface area contributed by atoms with Crippen molar-refractivity contribution >= 4 is 5.78 Å². The van der Waals surface area contributed by atoms with Crippen LogP contribution in [0.15, 0.2) is 12.2 Å². The summed E-state index contributed by atoms with van der Waals surface area (Å²) in [6, 6.07) is 0. The number of halogens is 3. The van der Waals surface area contributed by atoms with E-state index in [-0.39, 0.29) is 0 Å². The lowest BCUT2D eigenvalue weighted by Gasteiger charge is -2.23. The van der Waals surface area contributed by atoms with E-state index < -0.39 is 17.9 Å². The molecule has 1 nitrogen and oxygen atoms in total. The maximum atomic E-state index is 12.0. The predicted molar refractivity (Wildman–Crippen MR) is 42.2 cm³/mol. The molecule has 0 aromatic rings. The van der Waals surface area contributed by atoms with Crippen molar-refractivity contribution in [1.82, 2.24) is 0 Å². The van der Waals surface area contributed by atoms with E-state index in [1.807, 2.05) is 0 Å². The first-order chi connectivity index (χ1) is 5.93. The van der Waals surface area contributed by atoms with E-state index in [1.165, 1.54) is 0 Å². The number of carbonyl (C=O) groups excluding carboxylic acids is 1. The number of hydrogen-bond donors (Lipinski definition) is 0. The molecule has 74 valence electrons. The Morgan fingerprint density at radius 1 is 1.38 bits per heavy atom. The van der Waals surface area contributed by atoms with Crippen LogP contribution in [0.25, 0.3) is 0 Å². The average Bonchev–Trinajstić information content (AvgIpc) is 2.02. The largest absolute Gasteiger partial charge is 0.450 e. The van der Waals surface area contributed by atoms with Gasteiger partial charge >= 0.3 is 6.18 Å². The molecule has 1 rings (SSSR count). The van der Waals surface area contributed by atoms with E-state index in [4.69, 9.17) is 0 Å². The SMILES string of the molecule is C=C1CCCC[C@H]1C(=O)C(F)(F)F. The Morgan fingerprint density at radius 2 is 2.00 bits per heavy atom. The summed E-state index contributed by atoms with van der Waals surface area (Å²) in [6.45, 7) is 3.51. The van der Waals surface area contributed by atoms with Crippen LogP contribution in [0.2, 0.25) is 0 Å². The highest BCUT2D eigenvalue weighted by Crippen LogP contribution is 2.33. The molecule has 0 N–H and O–H groups in total. The summed E-state index contributed by atoms with van der Waals surface area (Å²) in [5, 5.41) is 0. The quantitative estimate of drug-likeness (QED) is 0.584. The topological polar surface area (TPSA) is 17.1 Å². The van der Waals surface area contributed by atoms with Gasteiger partial charge in [0.1, 0.15) is 0 Å². The molecule has 4 heteroatoms. The Kier molecular flexibility index (Phi) is 2.78. The molecule has 1 aliphatic rings. The number of hydrogen-bond acceptors (Lipinski definition) is 1. The van der Waals surface area contributed by atoms with Crippen molar-refractivity contribution in [1.29, 1.82) is 0 Å². The summed E-state index contributed by atoms with van der Waals surface area (Å²) in [5.74, 6) is -2.61. The lowest BCUT2D eigenvalue weighted by molar-refractivity contribution is -0.174. The van der Waals surface area contributed by atoms with Gasteiger partial charge in [-0.25, -0.2) is 0 Å². The third-order valence-corrected chi connectivity index (χ3v) is 2.33. The Bertz CT molecular complexity index is 230. The maximum Gasteiger partial charge on any atom is 0.450 e. The predicted octanol–water partition coefficient (Wildman–Crippen LogP) is 2.86. The standard InChI is InChI=1S/C9H11F3O/c1-6-4-2-3-5-7(6)8(13)9(10,11)12/h7H,1-5H2/t7-/m1/s1. The molecule has 0 aromatic heterocycles. The van der Waals surface area contributed by atoms with E-state index in [2.05, 4.69) is 6.58 Å². The minimum atomic E-state index is -4.70. The van der Waals surface area contributed by atoms with Gasteiger partial charge in [0, 0.05) is 5.92 Å². The molecule has 0 bridgehead atoms. The fourth-order valence-electron chi connectivity index (χ4n) is 1.59. The van der Waals surface area contributed by atoms with Crippen LogP contribution in [-0.4, -0.2) is 12.0 Å². The highest BCUT2D eigenvalue weighted by molar-refractivity contribution is 5.88. The highest BCUT2D eigenvalue weighted by atomic mass is 19.4. The van der Waals surface area contributed by atoms with Crippen molar-refractivity contribution < 1.29 is 18.0 Å². The van der Waals surface area contributed by atoms with Gasteiger partial charge in [-0.15, -0.1) is 0 Å². The smallest absolute Gasteiger partial charge is 0.289 e. The Labute approximate surface area is 74.6 Å². The van der Waals surface area contributed by atoms with Crippen LogP contribution < -0.4 is 0 Å². The fourth-order valence-corrected chi connectivity index (χ4v) is 1.59. The van der Waals surface area contributed by atoms with Gasteiger partial charge in [0.05, 0.1) is 0 Å². The Morgan fingerprint density at radius 3 is 2.46 bits per heavy atom. The molecule has 1 aliphatic carbocycles. The van der Waals surface area contributed by atoms with E-state index >= 15 is 0 Å². The molecule has 13 heavy (non-hydrogen) atoms. The van der Waals surface area contributed by atoms with Crippen molar-refractivity contribution in [3.05, 3.63) is 12.2 Å². The fraction of sp³-hybridized carbons (Fsp3) is 0.667. The van der Waals surface area contributed by atoms with Gasteiger partial charge in [-0.1, -0.05) is 18.6 Å². The van der Waals surface area contributed by atoms with Crippen LogP contribution >= 0.6 is 0 Å². The van der Waals surface area contributed by atoms with Crippen LogP contribution in [0.4, 0.5) is 13.2 Å². The molecule has 0 heterocycles. The van der Waals surface area contributed by atoms with Gasteiger partial charge in [-0.05, 0) is 19.3 Å². The lowest BCUT2D eigenvalue weighted by Crippen LogP contribution is -2.32. The molecule has 1 fully saturated rings. The van der Waals surface area contributed by atoms with E-state index in [0.29, 0.717) is 24.8 Å². The van der Waals surface area contributed by atoms with Gasteiger partial charge in [0.15, 0.2) is 0 Å². The first-order valence-corrected chi connectivity index (χ1v) is 4.21. The second-order valence-corrected chi connectivity index (χ2v) is 3.32. The zero-order chi connectivity index (χ0) is 10.1. The summed E-state index contributed by atoms with van der Waals surface area (Å²) >= 11 is 0. The van der Waals surface area contributed by atoms with Crippen molar-refractivity contribution in [3.63, 3.8) is 0 Å². The van der Waals surface area contributed by atoms with Gasteiger partial charge < -0.3 is 0 Å². The van der Waals surface area contributed by atoms with E-state index in [1.54, 1.807) is 0 Å². The molecular weight excluding hydrogens is 181 g/mol. The van der Waals surface area contributed by atoms with E-state index in [0.717, 1.165) is 6.42 Å². The van der Waals surface area contributed by atoms with Crippen molar-refractivity contribution in [2.75, 3.05) is 0 Å². The Hall–Kier alpha value is -0.800. The number of Topliss-reactive ketones (excluding diaryl/α,β-unsaturated/α-hetero) is 1. The molecule has 0 aliphatic heterocycles. The van der Waals surface area contributed by atoms with Crippen LogP contribution in [0.1, 0.15) is 25.7 Å². The van der Waals surface area contributed by atoms with E-state index in [9.17, 15) is 18.0 Å². The molecule has 0 aromatic carbocycles. The van der Waals surface area contributed by atoms with Gasteiger partial charge in [0.2, 0.25) is 5.78 Å². The summed E-state index contributed by atoms with van der Waals surface area (Å²) in [6.07, 6.45) is -2.32. The zero-order valence-corrected chi connectivity index (χ0v) is 7.16. The number of alkyl halides is 3. The first kappa shape index (κ1) is 10.3. The number of carbonyl (C=O) groups is 1. The number of ketones is 1. The molecule has 1 saturated carbocycles. The molecule has 0 spiro atoms. The second-order valence-electron chi connectivity index (χ2n) is 3.32. The summed E-state index contributed by atoms with van der Waals surface area (Å²) < 4.78 is 36.0. The zero-order valence-electron chi connectivity index (χ0n) is 7.16. The van der Waals surface area contributed by atoms with Crippen molar-refractivity contribution in [2.45, 2.75) is 31.9 Å². The number of rotatable bonds is 1. The monoisotopic (exact) mass is 192 g/mol. The second kappa shape index (κ2) is 3.52. The van der Waals surface area contributed by atoms with Gasteiger partial charge in [0.25, 0.3) is 0 Å². The van der Waals surface area contributed by atoms with Crippen LogP contribution in [-0.2, 0) is 4.79 Å². The normalized spacial score (nSPS) is 24.5. The maximum absolute atomic E-state index is 12.0. The molecule has 0 radical (unpaired) electrons. The summed E-state index contributed by atoms with van der Waals surface area (Å²) in [4.78, 5) is 10.8. The minimum Gasteiger partial charge on any atom is -0.289 e. The summed E-state index contributed by atoms with van der Waals surface area (Å²) in [5.41, 5.74) is 0.438. The third-order valence-electron chi connectivity index (χ3n) is 2.33. The molecule has 1 atom stereocenters.